The number of hydrogen-bond donors (Lipinski definition) is 3. The van der Waals surface area contributed by atoms with E-state index in [4.69, 9.17) is 10.4 Å². The van der Waals surface area contributed by atoms with Crippen LogP contribution < -0.4 is 0 Å². The number of benzene rings is 3. The molecule has 0 bridgehead atoms. The molecule has 0 fully saturated rings. The topological polar surface area (TPSA) is 99.2 Å². The molecular weight excluding hydrogens is 486 g/mol. The lowest BCUT2D eigenvalue weighted by Crippen LogP contribution is -2.13. The summed E-state index contributed by atoms with van der Waals surface area (Å²) in [6.07, 6.45) is 3.82. The molecule has 1 unspecified atom stereocenters. The minimum atomic E-state index is -0.876. The molecule has 0 saturated heterocycles. The maximum atomic E-state index is 11.4. The molecule has 2 aromatic heterocycles. The zero-order valence-electron chi connectivity index (χ0n) is 21.8. The van der Waals surface area contributed by atoms with Crippen LogP contribution in [-0.2, 0) is 11.2 Å². The number of nitrogens with one attached hydrogen (secondary N) is 1. The van der Waals surface area contributed by atoms with Gasteiger partial charge in [0.1, 0.15) is 6.04 Å². The second kappa shape index (κ2) is 10.8. The third-order valence-electron chi connectivity index (χ3n) is 6.81. The molecule has 5 rings (SSSR count). The van der Waals surface area contributed by atoms with Gasteiger partial charge in [0.15, 0.2) is 0 Å². The van der Waals surface area contributed by atoms with Gasteiger partial charge in [-0.15, -0.1) is 0 Å². The average molecular weight is 516 g/mol. The van der Waals surface area contributed by atoms with E-state index in [1.165, 1.54) is 0 Å². The van der Waals surface area contributed by atoms with Crippen LogP contribution in [0.3, 0.4) is 0 Å². The zero-order valence-corrected chi connectivity index (χ0v) is 21.8. The summed E-state index contributed by atoms with van der Waals surface area (Å²) in [6.45, 7) is 3.26. The molecule has 6 heteroatoms. The number of fused-ring (bicyclic) bond motifs is 1. The number of hydrogen-bond acceptors (Lipinski definition) is 4. The SMILES string of the molecule is CC(=N)/C(=C(/C)O)c1ccc2c(-c3cccc(CC(=O)O)c3)cn(C(c3ccccc3)c3ccccn3)c2c1. The number of aliphatic hydroxyl groups excluding tert-OH is 1. The number of aromatic nitrogens is 2. The van der Waals surface area contributed by atoms with Crippen LogP contribution in [0.15, 0.2) is 109 Å². The van der Waals surface area contributed by atoms with Crippen molar-refractivity contribution in [3.05, 3.63) is 132 Å². The highest BCUT2D eigenvalue weighted by atomic mass is 16.4. The summed E-state index contributed by atoms with van der Waals surface area (Å²) in [6, 6.07) is 29.3. The molecule has 0 aliphatic heterocycles. The van der Waals surface area contributed by atoms with Crippen LogP contribution in [0.2, 0.25) is 0 Å². The number of pyridine rings is 1. The van der Waals surface area contributed by atoms with Crippen molar-refractivity contribution >= 4 is 28.2 Å². The molecule has 5 aromatic rings. The Kier molecular flexibility index (Phi) is 7.10. The first kappa shape index (κ1) is 25.7. The van der Waals surface area contributed by atoms with Gasteiger partial charge in [-0.1, -0.05) is 72.8 Å². The predicted molar refractivity (Wildman–Crippen MR) is 155 cm³/mol. The molecule has 39 heavy (non-hydrogen) atoms. The Bertz CT molecular complexity index is 1660. The maximum Gasteiger partial charge on any atom is 0.307 e. The highest BCUT2D eigenvalue weighted by molar-refractivity contribution is 6.22. The van der Waals surface area contributed by atoms with Crippen molar-refractivity contribution in [2.75, 3.05) is 0 Å². The first-order valence-electron chi connectivity index (χ1n) is 12.7. The predicted octanol–water partition coefficient (Wildman–Crippen LogP) is 7.30. The number of aliphatic carboxylic acids is 1. The van der Waals surface area contributed by atoms with E-state index in [0.29, 0.717) is 5.57 Å². The van der Waals surface area contributed by atoms with Gasteiger partial charge in [-0.25, -0.2) is 0 Å². The van der Waals surface area contributed by atoms with E-state index in [9.17, 15) is 15.0 Å². The smallest absolute Gasteiger partial charge is 0.307 e. The van der Waals surface area contributed by atoms with Gasteiger partial charge in [-0.05, 0) is 54.3 Å². The highest BCUT2D eigenvalue weighted by Gasteiger charge is 2.23. The van der Waals surface area contributed by atoms with Crippen LogP contribution in [-0.4, -0.2) is 31.4 Å². The monoisotopic (exact) mass is 515 g/mol. The second-order valence-electron chi connectivity index (χ2n) is 9.61. The van der Waals surface area contributed by atoms with E-state index < -0.39 is 5.97 Å². The van der Waals surface area contributed by atoms with Crippen LogP contribution in [0.1, 0.15) is 42.3 Å². The van der Waals surface area contributed by atoms with E-state index in [1.807, 2.05) is 78.9 Å². The van der Waals surface area contributed by atoms with E-state index in [0.717, 1.165) is 44.4 Å². The number of allylic oxidation sites excluding steroid dienone is 2. The molecule has 0 spiro atoms. The van der Waals surface area contributed by atoms with Crippen LogP contribution in [0, 0.1) is 5.41 Å². The molecule has 2 heterocycles. The normalized spacial score (nSPS) is 12.7. The molecule has 3 aromatic carbocycles. The third kappa shape index (κ3) is 5.22. The number of carboxylic acid groups (broad SMARTS) is 1. The number of nitrogens with zero attached hydrogens (tertiary/aromatic N) is 2. The zero-order chi connectivity index (χ0) is 27.5. The van der Waals surface area contributed by atoms with Gasteiger partial charge in [0.2, 0.25) is 0 Å². The Balaban J connectivity index is 1.82. The minimum Gasteiger partial charge on any atom is -0.512 e. The number of aliphatic hydroxyl groups is 1. The lowest BCUT2D eigenvalue weighted by molar-refractivity contribution is -0.136. The molecule has 0 saturated carbocycles. The number of carbonyl (C=O) groups is 1. The van der Waals surface area contributed by atoms with E-state index in [2.05, 4.69) is 22.9 Å². The van der Waals surface area contributed by atoms with Gasteiger partial charge in [-0.3, -0.25) is 9.78 Å². The van der Waals surface area contributed by atoms with Crippen molar-refractivity contribution in [1.29, 1.82) is 5.41 Å². The Morgan fingerprint density at radius 3 is 2.36 bits per heavy atom. The summed E-state index contributed by atoms with van der Waals surface area (Å²) in [5, 5.41) is 29.0. The maximum absolute atomic E-state index is 11.4. The van der Waals surface area contributed by atoms with E-state index in [-0.39, 0.29) is 23.9 Å². The van der Waals surface area contributed by atoms with Gasteiger partial charge in [0.25, 0.3) is 0 Å². The Labute approximate surface area is 227 Å². The quantitative estimate of drug-likeness (QED) is 0.149. The van der Waals surface area contributed by atoms with Gasteiger partial charge < -0.3 is 20.2 Å². The first-order chi connectivity index (χ1) is 18.8. The molecule has 0 amide bonds. The lowest BCUT2D eigenvalue weighted by atomic mass is 9.97. The van der Waals surface area contributed by atoms with Crippen molar-refractivity contribution < 1.29 is 15.0 Å². The standard InChI is InChI=1S/C33H29N3O3/c1-21(34)32(22(2)37)26-14-15-27-28(25-12-8-9-23(17-25)18-31(38)39)20-36(30(27)19-26)33(24-10-4-3-5-11-24)29-13-6-7-16-35-29/h3-17,19-20,33-34,37H,18H2,1-2H3,(H,38,39)/b32-22+,34-21?. The molecule has 6 nitrogen and oxygen atoms in total. The van der Waals surface area contributed by atoms with Crippen molar-refractivity contribution in [3.63, 3.8) is 0 Å². The van der Waals surface area contributed by atoms with E-state index in [1.54, 1.807) is 20.0 Å². The molecule has 0 radical (unpaired) electrons. The fourth-order valence-electron chi connectivity index (χ4n) is 5.22. The fraction of sp³-hybridized carbons (Fsp3) is 0.121. The second-order valence-corrected chi connectivity index (χ2v) is 9.61. The number of rotatable bonds is 8. The average Bonchev–Trinajstić information content (AvgIpc) is 3.28. The lowest BCUT2D eigenvalue weighted by Gasteiger charge is -2.21. The van der Waals surface area contributed by atoms with Crippen LogP contribution in [0.25, 0.3) is 27.6 Å². The summed E-state index contributed by atoms with van der Waals surface area (Å²) < 4.78 is 2.18. The molecule has 0 aliphatic carbocycles. The number of carboxylic acids is 1. The van der Waals surface area contributed by atoms with Crippen LogP contribution in [0.5, 0.6) is 0 Å². The Morgan fingerprint density at radius 2 is 1.69 bits per heavy atom. The van der Waals surface area contributed by atoms with Gasteiger partial charge in [0.05, 0.1) is 23.4 Å². The first-order valence-corrected chi connectivity index (χ1v) is 12.7. The summed E-state index contributed by atoms with van der Waals surface area (Å²) in [7, 11) is 0. The summed E-state index contributed by atoms with van der Waals surface area (Å²) in [5.41, 5.74) is 6.94. The van der Waals surface area contributed by atoms with Crippen molar-refractivity contribution in [1.82, 2.24) is 9.55 Å². The van der Waals surface area contributed by atoms with Gasteiger partial charge >= 0.3 is 5.97 Å². The molecular formula is C33H29N3O3. The molecule has 1 atom stereocenters. The summed E-state index contributed by atoms with van der Waals surface area (Å²) >= 11 is 0. The fourth-order valence-corrected chi connectivity index (χ4v) is 5.22. The van der Waals surface area contributed by atoms with Gasteiger partial charge in [0, 0.05) is 34.6 Å². The third-order valence-corrected chi connectivity index (χ3v) is 6.81. The Morgan fingerprint density at radius 1 is 0.923 bits per heavy atom. The van der Waals surface area contributed by atoms with Crippen LogP contribution >= 0.6 is 0 Å². The summed E-state index contributed by atoms with van der Waals surface area (Å²) in [4.78, 5) is 16.1. The van der Waals surface area contributed by atoms with Crippen molar-refractivity contribution in [2.24, 2.45) is 0 Å². The largest absolute Gasteiger partial charge is 0.512 e. The molecule has 3 N–H and O–H groups in total. The molecule has 194 valence electrons. The highest BCUT2D eigenvalue weighted by Crippen LogP contribution is 2.38. The Hall–Kier alpha value is -4.97. The van der Waals surface area contributed by atoms with Gasteiger partial charge in [-0.2, -0.15) is 0 Å². The van der Waals surface area contributed by atoms with E-state index >= 15 is 0 Å². The van der Waals surface area contributed by atoms with Crippen molar-refractivity contribution in [3.8, 4) is 11.1 Å². The molecule has 0 aliphatic rings. The van der Waals surface area contributed by atoms with Crippen molar-refractivity contribution in [2.45, 2.75) is 26.3 Å². The minimum absolute atomic E-state index is 0.0558. The summed E-state index contributed by atoms with van der Waals surface area (Å²) in [5.74, 6) is -0.787. The van der Waals surface area contributed by atoms with Crippen LogP contribution in [0.4, 0.5) is 0 Å².